The van der Waals surface area contributed by atoms with Crippen LogP contribution in [0.3, 0.4) is 0 Å². The molecule has 142 valence electrons. The SMILES string of the molecule is CC(=O)O.CS(=O)(=O)c1ccc([C@H]2C[C@H](c3cc(=O)[nH]o3)CCN2)cc1. The van der Waals surface area contributed by atoms with E-state index < -0.39 is 15.8 Å². The van der Waals surface area contributed by atoms with Gasteiger partial charge < -0.3 is 14.9 Å². The van der Waals surface area contributed by atoms with Crippen LogP contribution in [0.25, 0.3) is 0 Å². The Labute approximate surface area is 151 Å². The molecule has 0 aliphatic carbocycles. The van der Waals surface area contributed by atoms with Gasteiger partial charge >= 0.3 is 0 Å². The largest absolute Gasteiger partial charge is 0.481 e. The number of carboxylic acids is 1. The Hall–Kier alpha value is -2.39. The van der Waals surface area contributed by atoms with Crippen molar-refractivity contribution < 1.29 is 22.8 Å². The van der Waals surface area contributed by atoms with E-state index in [1.807, 2.05) is 12.1 Å². The molecule has 1 fully saturated rings. The summed E-state index contributed by atoms with van der Waals surface area (Å²) in [5, 5.41) is 13.2. The van der Waals surface area contributed by atoms with Crippen molar-refractivity contribution in [2.24, 2.45) is 0 Å². The molecule has 2 aromatic rings. The number of nitrogens with one attached hydrogen (secondary N) is 2. The summed E-state index contributed by atoms with van der Waals surface area (Å²) in [7, 11) is -3.18. The Kier molecular flexibility index (Phi) is 6.38. The summed E-state index contributed by atoms with van der Waals surface area (Å²) in [6.45, 7) is 1.90. The minimum Gasteiger partial charge on any atom is -0.481 e. The third-order valence-electron chi connectivity index (χ3n) is 4.06. The summed E-state index contributed by atoms with van der Waals surface area (Å²) in [5.41, 5.74) is 0.817. The molecule has 1 aromatic heterocycles. The number of rotatable bonds is 3. The standard InChI is InChI=1S/C15H18N2O4S.C2H4O2/c1-22(19,20)12-4-2-10(3-5-12)13-8-11(6-7-16-13)14-9-15(18)17-21-14;1-2(3)4/h2-5,9,11,13,16H,6-8H2,1H3,(H,17,18);1H3,(H,3,4)/t11-,13-;/m1./s1. The van der Waals surface area contributed by atoms with Crippen LogP contribution in [0, 0.1) is 0 Å². The Balaban J connectivity index is 0.000000552. The van der Waals surface area contributed by atoms with E-state index in [2.05, 4.69) is 10.5 Å². The number of carboxylic acid groups (broad SMARTS) is 1. The lowest BCUT2D eigenvalue weighted by molar-refractivity contribution is -0.134. The fourth-order valence-corrected chi connectivity index (χ4v) is 3.51. The van der Waals surface area contributed by atoms with Crippen molar-refractivity contribution in [2.75, 3.05) is 12.8 Å². The van der Waals surface area contributed by atoms with Crippen molar-refractivity contribution in [2.45, 2.75) is 36.6 Å². The quantitative estimate of drug-likeness (QED) is 0.736. The number of aromatic amines is 1. The number of aromatic nitrogens is 1. The fourth-order valence-electron chi connectivity index (χ4n) is 2.88. The zero-order valence-electron chi connectivity index (χ0n) is 14.6. The van der Waals surface area contributed by atoms with Crippen LogP contribution in [-0.2, 0) is 14.6 Å². The summed E-state index contributed by atoms with van der Waals surface area (Å²) in [6.07, 6.45) is 2.91. The Morgan fingerprint density at radius 1 is 1.27 bits per heavy atom. The average Bonchev–Trinajstić information content (AvgIpc) is 3.00. The van der Waals surface area contributed by atoms with Crippen molar-refractivity contribution in [1.29, 1.82) is 0 Å². The molecule has 26 heavy (non-hydrogen) atoms. The lowest BCUT2D eigenvalue weighted by Crippen LogP contribution is -2.30. The highest BCUT2D eigenvalue weighted by Gasteiger charge is 2.26. The maximum absolute atomic E-state index is 11.5. The van der Waals surface area contributed by atoms with Gasteiger partial charge in [-0.2, -0.15) is 5.16 Å². The third-order valence-corrected chi connectivity index (χ3v) is 5.19. The summed E-state index contributed by atoms with van der Waals surface area (Å²) in [5.74, 6) is 0.0315. The third kappa shape index (κ3) is 5.57. The molecular formula is C17H22N2O6S. The van der Waals surface area contributed by atoms with E-state index in [-0.39, 0.29) is 17.5 Å². The first-order chi connectivity index (χ1) is 12.2. The fraction of sp³-hybridized carbons (Fsp3) is 0.412. The van der Waals surface area contributed by atoms with E-state index in [4.69, 9.17) is 14.4 Å². The molecule has 1 aromatic carbocycles. The highest BCUT2D eigenvalue weighted by atomic mass is 32.2. The van der Waals surface area contributed by atoms with Gasteiger partial charge in [0.05, 0.1) is 4.90 Å². The van der Waals surface area contributed by atoms with E-state index in [0.717, 1.165) is 31.9 Å². The molecular weight excluding hydrogens is 360 g/mol. The number of H-pyrrole nitrogens is 1. The van der Waals surface area contributed by atoms with Gasteiger partial charge in [-0.3, -0.25) is 9.59 Å². The highest BCUT2D eigenvalue weighted by molar-refractivity contribution is 7.90. The van der Waals surface area contributed by atoms with Gasteiger partial charge in [0.2, 0.25) is 0 Å². The van der Waals surface area contributed by atoms with Crippen molar-refractivity contribution in [3.8, 4) is 0 Å². The Bertz CT molecular complexity index is 894. The van der Waals surface area contributed by atoms with Gasteiger partial charge in [0, 0.05) is 31.2 Å². The second-order valence-corrected chi connectivity index (χ2v) is 8.22. The number of carbonyl (C=O) groups is 1. The molecule has 0 amide bonds. The first-order valence-electron chi connectivity index (χ1n) is 8.08. The molecule has 9 heteroatoms. The maximum atomic E-state index is 11.5. The molecule has 1 aliphatic rings. The number of sulfone groups is 1. The molecule has 8 nitrogen and oxygen atoms in total. The lowest BCUT2D eigenvalue weighted by Gasteiger charge is -2.29. The van der Waals surface area contributed by atoms with Crippen LogP contribution in [0.1, 0.15) is 43.0 Å². The molecule has 0 spiro atoms. The maximum Gasteiger partial charge on any atom is 0.300 e. The molecule has 2 atom stereocenters. The minimum absolute atomic E-state index is 0.118. The number of benzene rings is 1. The van der Waals surface area contributed by atoms with E-state index >= 15 is 0 Å². The molecule has 0 unspecified atom stereocenters. The molecule has 1 saturated heterocycles. The van der Waals surface area contributed by atoms with Crippen molar-refractivity contribution in [1.82, 2.24) is 10.5 Å². The zero-order chi connectivity index (χ0) is 19.3. The van der Waals surface area contributed by atoms with E-state index in [1.54, 1.807) is 12.1 Å². The average molecular weight is 382 g/mol. The number of piperidine rings is 1. The van der Waals surface area contributed by atoms with Gasteiger partial charge in [0.15, 0.2) is 9.84 Å². The molecule has 0 saturated carbocycles. The molecule has 2 heterocycles. The van der Waals surface area contributed by atoms with Crippen LogP contribution in [0.2, 0.25) is 0 Å². The molecule has 3 rings (SSSR count). The van der Waals surface area contributed by atoms with Crippen LogP contribution in [-0.4, -0.2) is 37.5 Å². The molecule has 1 aliphatic heterocycles. The number of aliphatic carboxylic acids is 1. The van der Waals surface area contributed by atoms with Crippen LogP contribution >= 0.6 is 0 Å². The van der Waals surface area contributed by atoms with Crippen LogP contribution in [0.15, 0.2) is 44.5 Å². The van der Waals surface area contributed by atoms with E-state index in [0.29, 0.717) is 10.7 Å². The van der Waals surface area contributed by atoms with Gasteiger partial charge in [-0.1, -0.05) is 12.1 Å². The predicted octanol–water partition coefficient (Wildman–Crippen LogP) is 1.67. The predicted molar refractivity (Wildman–Crippen MR) is 94.9 cm³/mol. The lowest BCUT2D eigenvalue weighted by atomic mass is 9.87. The zero-order valence-corrected chi connectivity index (χ0v) is 15.4. The van der Waals surface area contributed by atoms with Gasteiger partial charge in [0.1, 0.15) is 5.76 Å². The Morgan fingerprint density at radius 2 is 1.88 bits per heavy atom. The van der Waals surface area contributed by atoms with Crippen LogP contribution in [0.5, 0.6) is 0 Å². The van der Waals surface area contributed by atoms with Crippen molar-refractivity contribution >= 4 is 15.8 Å². The van der Waals surface area contributed by atoms with E-state index in [9.17, 15) is 13.2 Å². The number of hydrogen-bond acceptors (Lipinski definition) is 6. The monoisotopic (exact) mass is 382 g/mol. The molecule has 0 bridgehead atoms. The van der Waals surface area contributed by atoms with Crippen LogP contribution in [0.4, 0.5) is 0 Å². The van der Waals surface area contributed by atoms with Crippen LogP contribution < -0.4 is 10.9 Å². The van der Waals surface area contributed by atoms with Gasteiger partial charge in [-0.25, -0.2) is 8.42 Å². The summed E-state index contributed by atoms with van der Waals surface area (Å²) >= 11 is 0. The number of hydrogen-bond donors (Lipinski definition) is 3. The summed E-state index contributed by atoms with van der Waals surface area (Å²) < 4.78 is 28.2. The normalized spacial score (nSPS) is 20.1. The second kappa shape index (κ2) is 8.33. The summed E-state index contributed by atoms with van der Waals surface area (Å²) in [4.78, 5) is 20.5. The first kappa shape index (κ1) is 19.9. The van der Waals surface area contributed by atoms with Gasteiger partial charge in [-0.15, -0.1) is 0 Å². The van der Waals surface area contributed by atoms with Crippen molar-refractivity contribution in [3.05, 3.63) is 52.0 Å². The first-order valence-corrected chi connectivity index (χ1v) is 9.97. The smallest absolute Gasteiger partial charge is 0.300 e. The Morgan fingerprint density at radius 3 is 2.38 bits per heavy atom. The highest BCUT2D eigenvalue weighted by Crippen LogP contribution is 2.33. The molecule has 3 N–H and O–H groups in total. The van der Waals surface area contributed by atoms with Crippen molar-refractivity contribution in [3.63, 3.8) is 0 Å². The van der Waals surface area contributed by atoms with Gasteiger partial charge in [-0.05, 0) is 37.1 Å². The molecule has 0 radical (unpaired) electrons. The second-order valence-electron chi connectivity index (χ2n) is 6.20. The van der Waals surface area contributed by atoms with E-state index in [1.165, 1.54) is 12.3 Å². The van der Waals surface area contributed by atoms with Gasteiger partial charge in [0.25, 0.3) is 11.5 Å². The topological polar surface area (TPSA) is 129 Å². The summed E-state index contributed by atoms with van der Waals surface area (Å²) in [6, 6.07) is 8.55. The minimum atomic E-state index is -3.18.